The molecule has 292 valence electrons. The summed E-state index contributed by atoms with van der Waals surface area (Å²) in [7, 11) is 0. The summed E-state index contributed by atoms with van der Waals surface area (Å²) in [4.78, 5) is 77.7. The van der Waals surface area contributed by atoms with Crippen LogP contribution in [0.4, 0.5) is 5.82 Å². The molecule has 3 aliphatic heterocycles. The summed E-state index contributed by atoms with van der Waals surface area (Å²) in [5.41, 5.74) is 0.182. The molecule has 0 bridgehead atoms. The number of hydrogen-bond acceptors (Lipinski definition) is 12. The first-order chi connectivity index (χ1) is 26.7. The standard InChI is InChI=1S/C40H43ClN8O7/c1-39(2)37(40(3,4)38(39)56-25-7-6-23(20-42)28(41)19-25)46-33(51)29-21-44-31(22-43-29)48-15-13-47(14-16-48)12-5-17-55-24-8-9-26-27(18-24)36(54)49(35(26)53)30-10-11-32(50)45-34(30)52/h6-9,18-19,21-22,30,37-38H,5,10-17H2,1-4H3,(H,46,51)(H,45,50,52)/t30?,37-,38-. The van der Waals surface area contributed by atoms with E-state index in [-0.39, 0.29) is 47.7 Å². The van der Waals surface area contributed by atoms with Crippen molar-refractivity contribution in [2.75, 3.05) is 44.2 Å². The fourth-order valence-corrected chi connectivity index (χ4v) is 8.83. The van der Waals surface area contributed by atoms with Gasteiger partial charge < -0.3 is 19.7 Å². The lowest BCUT2D eigenvalue weighted by Gasteiger charge is -2.63. The Bertz CT molecular complexity index is 2110. The number of halogens is 1. The van der Waals surface area contributed by atoms with E-state index in [0.717, 1.165) is 44.0 Å². The molecule has 5 amide bonds. The SMILES string of the molecule is CC1(C)[C@H](NC(=O)c2cnc(N3CCN(CCCOc4ccc5c(c4)C(=O)N(C4CCC(=O)NC4=O)C5=O)CC3)cn2)C(C)(C)[C@H]1Oc1ccc(C#N)c(Cl)c1. The second-order valence-corrected chi connectivity index (χ2v) is 16.2. The van der Waals surface area contributed by atoms with E-state index in [9.17, 15) is 29.2 Å². The summed E-state index contributed by atoms with van der Waals surface area (Å²) < 4.78 is 12.3. The predicted molar refractivity (Wildman–Crippen MR) is 203 cm³/mol. The molecule has 1 saturated carbocycles. The van der Waals surface area contributed by atoms with Crippen LogP contribution in [0.15, 0.2) is 48.8 Å². The van der Waals surface area contributed by atoms with Crippen LogP contribution < -0.4 is 25.0 Å². The van der Waals surface area contributed by atoms with E-state index >= 15 is 0 Å². The number of ether oxygens (including phenoxy) is 2. The first-order valence-corrected chi connectivity index (χ1v) is 19.0. The highest BCUT2D eigenvalue weighted by molar-refractivity contribution is 6.31. The average molecular weight is 783 g/mol. The normalized spacial score (nSPS) is 22.8. The van der Waals surface area contributed by atoms with Crippen molar-refractivity contribution in [2.24, 2.45) is 10.8 Å². The number of piperazine rings is 1. The molecule has 3 aromatic rings. The Kier molecular flexibility index (Phi) is 10.5. The Morgan fingerprint density at radius 3 is 2.34 bits per heavy atom. The number of anilines is 1. The number of hydrogen-bond donors (Lipinski definition) is 2. The first kappa shape index (κ1) is 38.7. The summed E-state index contributed by atoms with van der Waals surface area (Å²) in [5, 5.41) is 14.9. The van der Waals surface area contributed by atoms with Gasteiger partial charge in [-0.1, -0.05) is 39.3 Å². The molecule has 3 fully saturated rings. The lowest BCUT2D eigenvalue weighted by atomic mass is 9.49. The van der Waals surface area contributed by atoms with Crippen LogP contribution in [0.25, 0.3) is 0 Å². The van der Waals surface area contributed by atoms with Crippen LogP contribution in [-0.2, 0) is 9.59 Å². The number of aromatic nitrogens is 2. The van der Waals surface area contributed by atoms with Crippen LogP contribution in [-0.4, -0.2) is 107 Å². The number of carbonyl (C=O) groups excluding carboxylic acids is 5. The molecule has 1 aromatic heterocycles. The number of imide groups is 2. The maximum Gasteiger partial charge on any atom is 0.271 e. The number of rotatable bonds is 11. The zero-order valence-electron chi connectivity index (χ0n) is 31.6. The minimum absolute atomic E-state index is 0.0623. The average Bonchev–Trinajstić information content (AvgIpc) is 3.42. The third-order valence-electron chi connectivity index (χ3n) is 11.3. The van der Waals surface area contributed by atoms with Gasteiger partial charge >= 0.3 is 0 Å². The molecule has 7 rings (SSSR count). The van der Waals surface area contributed by atoms with E-state index < -0.39 is 40.5 Å². The Hall–Kier alpha value is -5.59. The molecule has 2 aromatic carbocycles. The molecule has 4 heterocycles. The quantitative estimate of drug-likeness (QED) is 0.213. The minimum Gasteiger partial charge on any atom is -0.494 e. The molecule has 15 nitrogen and oxygen atoms in total. The number of amides is 5. The van der Waals surface area contributed by atoms with E-state index in [1.807, 2.05) is 27.7 Å². The molecule has 4 aliphatic rings. The van der Waals surface area contributed by atoms with Crippen LogP contribution in [0.2, 0.25) is 5.02 Å². The third kappa shape index (κ3) is 7.26. The molecular formula is C40H43ClN8O7. The molecule has 56 heavy (non-hydrogen) atoms. The highest BCUT2D eigenvalue weighted by Gasteiger charge is 2.64. The van der Waals surface area contributed by atoms with Gasteiger partial charge in [-0.25, -0.2) is 9.97 Å². The number of piperidine rings is 1. The van der Waals surface area contributed by atoms with Gasteiger partial charge in [0, 0.05) is 62.1 Å². The lowest BCUT2D eigenvalue weighted by Crippen LogP contribution is -2.74. The van der Waals surface area contributed by atoms with Gasteiger partial charge in [0.25, 0.3) is 17.7 Å². The fraction of sp³-hybridized carbons (Fsp3) is 0.450. The monoisotopic (exact) mass is 782 g/mol. The topological polar surface area (TPSA) is 187 Å². The number of nitriles is 1. The van der Waals surface area contributed by atoms with Gasteiger partial charge in [0.2, 0.25) is 11.8 Å². The van der Waals surface area contributed by atoms with Crippen LogP contribution in [0.3, 0.4) is 0 Å². The molecule has 1 atom stereocenters. The van der Waals surface area contributed by atoms with Crippen LogP contribution in [0.5, 0.6) is 11.5 Å². The van der Waals surface area contributed by atoms with Crippen molar-refractivity contribution in [1.29, 1.82) is 5.26 Å². The van der Waals surface area contributed by atoms with E-state index in [4.69, 9.17) is 21.1 Å². The maximum absolute atomic E-state index is 13.3. The highest BCUT2D eigenvalue weighted by Crippen LogP contribution is 2.55. The van der Waals surface area contributed by atoms with Crippen molar-refractivity contribution in [2.45, 2.75) is 65.1 Å². The van der Waals surface area contributed by atoms with Crippen LogP contribution in [0.1, 0.15) is 83.7 Å². The van der Waals surface area contributed by atoms with Gasteiger partial charge in [-0.05, 0) is 43.2 Å². The summed E-state index contributed by atoms with van der Waals surface area (Å²) in [6.07, 6.45) is 3.82. The Morgan fingerprint density at radius 2 is 1.68 bits per heavy atom. The number of nitrogens with zero attached hydrogens (tertiary/aromatic N) is 6. The van der Waals surface area contributed by atoms with E-state index in [2.05, 4.69) is 36.5 Å². The van der Waals surface area contributed by atoms with Gasteiger partial charge in [-0.3, -0.25) is 39.1 Å². The van der Waals surface area contributed by atoms with Gasteiger partial charge in [0.15, 0.2) is 0 Å². The Labute approximate surface area is 329 Å². The summed E-state index contributed by atoms with van der Waals surface area (Å²) in [6, 6.07) is 10.6. The van der Waals surface area contributed by atoms with Crippen molar-refractivity contribution in [1.82, 2.24) is 30.4 Å². The Balaban J connectivity index is 0.847. The second kappa shape index (κ2) is 15.2. The third-order valence-corrected chi connectivity index (χ3v) is 11.6. The number of benzene rings is 2. The van der Waals surface area contributed by atoms with Crippen molar-refractivity contribution < 1.29 is 33.4 Å². The van der Waals surface area contributed by atoms with E-state index in [0.29, 0.717) is 34.5 Å². The zero-order valence-corrected chi connectivity index (χ0v) is 32.4. The van der Waals surface area contributed by atoms with Gasteiger partial charge in [0.1, 0.15) is 41.2 Å². The highest BCUT2D eigenvalue weighted by atomic mass is 35.5. The molecule has 1 unspecified atom stereocenters. The van der Waals surface area contributed by atoms with Crippen molar-refractivity contribution in [3.05, 3.63) is 76.2 Å². The zero-order chi connectivity index (χ0) is 39.9. The molecule has 0 radical (unpaired) electrons. The first-order valence-electron chi connectivity index (χ1n) is 18.6. The Morgan fingerprint density at radius 1 is 0.964 bits per heavy atom. The molecule has 1 aliphatic carbocycles. The molecule has 16 heteroatoms. The molecule has 2 N–H and O–H groups in total. The number of carbonyl (C=O) groups is 5. The summed E-state index contributed by atoms with van der Waals surface area (Å²) >= 11 is 6.22. The van der Waals surface area contributed by atoms with Gasteiger partial charge in [-0.2, -0.15) is 5.26 Å². The minimum atomic E-state index is -1.01. The molecular weight excluding hydrogens is 740 g/mol. The van der Waals surface area contributed by atoms with Crippen molar-refractivity contribution in [3.8, 4) is 17.6 Å². The fourth-order valence-electron chi connectivity index (χ4n) is 8.62. The van der Waals surface area contributed by atoms with Crippen molar-refractivity contribution >= 4 is 47.0 Å². The largest absolute Gasteiger partial charge is 0.494 e. The summed E-state index contributed by atoms with van der Waals surface area (Å²) in [5.74, 6) is -0.772. The number of fused-ring (bicyclic) bond motifs is 1. The van der Waals surface area contributed by atoms with Crippen LogP contribution in [0, 0.1) is 22.2 Å². The second-order valence-electron chi connectivity index (χ2n) is 15.7. The molecule has 2 saturated heterocycles. The van der Waals surface area contributed by atoms with E-state index in [1.165, 1.54) is 18.3 Å². The van der Waals surface area contributed by atoms with Gasteiger partial charge in [-0.15, -0.1) is 0 Å². The summed E-state index contributed by atoms with van der Waals surface area (Å²) in [6.45, 7) is 12.5. The predicted octanol–water partition coefficient (Wildman–Crippen LogP) is 3.61. The maximum atomic E-state index is 13.3. The van der Waals surface area contributed by atoms with Crippen molar-refractivity contribution in [3.63, 3.8) is 0 Å². The number of nitrogens with one attached hydrogen (secondary N) is 2. The van der Waals surface area contributed by atoms with Crippen LogP contribution >= 0.6 is 11.6 Å². The van der Waals surface area contributed by atoms with Gasteiger partial charge in [0.05, 0.1) is 40.7 Å². The smallest absolute Gasteiger partial charge is 0.271 e. The molecule has 0 spiro atoms. The van der Waals surface area contributed by atoms with E-state index in [1.54, 1.807) is 30.5 Å². The lowest BCUT2D eigenvalue weighted by molar-refractivity contribution is -0.164.